The van der Waals surface area contributed by atoms with Crippen LogP contribution in [0.5, 0.6) is 11.5 Å². The molecule has 4 nitrogen and oxygen atoms in total. The molecule has 0 bridgehead atoms. The molecule has 0 aliphatic rings. The Bertz CT molecular complexity index is 790. The minimum Gasteiger partial charge on any atom is -0.493 e. The van der Waals surface area contributed by atoms with Crippen molar-refractivity contribution in [3.05, 3.63) is 66.5 Å². The van der Waals surface area contributed by atoms with Crippen molar-refractivity contribution in [1.29, 1.82) is 0 Å². The number of para-hydroxylation sites is 2. The predicted octanol–water partition coefficient (Wildman–Crippen LogP) is 4.44. The molecule has 0 aliphatic carbocycles. The van der Waals surface area contributed by atoms with Crippen LogP contribution in [0.25, 0.3) is 11.0 Å². The first-order valence-electron chi connectivity index (χ1n) is 7.60. The SMILES string of the molecule is C=CCc1ccc(OC(C)c2nc3ccccc3[nH]2)c(OC)c1. The van der Waals surface area contributed by atoms with Gasteiger partial charge in [0, 0.05) is 0 Å². The van der Waals surface area contributed by atoms with E-state index < -0.39 is 0 Å². The quantitative estimate of drug-likeness (QED) is 0.685. The molecule has 0 radical (unpaired) electrons. The van der Waals surface area contributed by atoms with Gasteiger partial charge < -0.3 is 14.5 Å². The van der Waals surface area contributed by atoms with Crippen LogP contribution in [-0.2, 0) is 6.42 Å². The number of hydrogen-bond donors (Lipinski definition) is 1. The Kier molecular flexibility index (Phi) is 4.33. The molecule has 23 heavy (non-hydrogen) atoms. The second-order valence-corrected chi connectivity index (χ2v) is 5.38. The number of nitrogens with one attached hydrogen (secondary N) is 1. The predicted molar refractivity (Wildman–Crippen MR) is 92.0 cm³/mol. The highest BCUT2D eigenvalue weighted by Crippen LogP contribution is 2.32. The minimum atomic E-state index is -0.207. The third kappa shape index (κ3) is 3.21. The van der Waals surface area contributed by atoms with Crippen molar-refractivity contribution in [2.24, 2.45) is 0 Å². The van der Waals surface area contributed by atoms with Gasteiger partial charge in [-0.2, -0.15) is 0 Å². The molecule has 0 aliphatic heterocycles. The Morgan fingerprint density at radius 1 is 1.22 bits per heavy atom. The number of aromatic nitrogens is 2. The van der Waals surface area contributed by atoms with Gasteiger partial charge in [0.1, 0.15) is 5.82 Å². The number of benzene rings is 2. The van der Waals surface area contributed by atoms with E-state index in [9.17, 15) is 0 Å². The number of fused-ring (bicyclic) bond motifs is 1. The number of allylic oxidation sites excluding steroid dienone is 1. The highest BCUT2D eigenvalue weighted by atomic mass is 16.5. The average Bonchev–Trinajstić information content (AvgIpc) is 3.00. The molecule has 0 amide bonds. The van der Waals surface area contributed by atoms with Gasteiger partial charge in [0.25, 0.3) is 0 Å². The van der Waals surface area contributed by atoms with Crippen molar-refractivity contribution in [1.82, 2.24) is 9.97 Å². The Morgan fingerprint density at radius 2 is 2.04 bits per heavy atom. The molecule has 2 aromatic carbocycles. The summed E-state index contributed by atoms with van der Waals surface area (Å²) >= 11 is 0. The molecule has 3 rings (SSSR count). The maximum Gasteiger partial charge on any atom is 0.162 e. The first-order valence-corrected chi connectivity index (χ1v) is 7.60. The number of H-pyrrole nitrogens is 1. The summed E-state index contributed by atoms with van der Waals surface area (Å²) in [5.74, 6) is 2.21. The van der Waals surface area contributed by atoms with Crippen molar-refractivity contribution in [3.63, 3.8) is 0 Å². The van der Waals surface area contributed by atoms with Crippen LogP contribution >= 0.6 is 0 Å². The van der Waals surface area contributed by atoms with Crippen molar-refractivity contribution >= 4 is 11.0 Å². The summed E-state index contributed by atoms with van der Waals surface area (Å²) < 4.78 is 11.5. The van der Waals surface area contributed by atoms with E-state index in [4.69, 9.17) is 9.47 Å². The lowest BCUT2D eigenvalue weighted by atomic mass is 10.1. The second-order valence-electron chi connectivity index (χ2n) is 5.38. The van der Waals surface area contributed by atoms with Crippen molar-refractivity contribution in [3.8, 4) is 11.5 Å². The lowest BCUT2D eigenvalue weighted by Gasteiger charge is -2.16. The van der Waals surface area contributed by atoms with E-state index in [1.165, 1.54) is 0 Å². The van der Waals surface area contributed by atoms with E-state index in [-0.39, 0.29) is 6.10 Å². The lowest BCUT2D eigenvalue weighted by Crippen LogP contribution is -2.06. The van der Waals surface area contributed by atoms with Gasteiger partial charge in [-0.3, -0.25) is 0 Å². The Morgan fingerprint density at radius 3 is 2.78 bits per heavy atom. The number of imidazole rings is 1. The summed E-state index contributed by atoms with van der Waals surface area (Å²) in [4.78, 5) is 7.87. The number of ether oxygens (including phenoxy) is 2. The molecule has 118 valence electrons. The van der Waals surface area contributed by atoms with Crippen LogP contribution in [0, 0.1) is 0 Å². The van der Waals surface area contributed by atoms with E-state index >= 15 is 0 Å². The van der Waals surface area contributed by atoms with Crippen molar-refractivity contribution in [2.75, 3.05) is 7.11 Å². The van der Waals surface area contributed by atoms with Crippen LogP contribution in [0.1, 0.15) is 24.4 Å². The molecule has 4 heteroatoms. The van der Waals surface area contributed by atoms with Crippen LogP contribution in [0.2, 0.25) is 0 Å². The molecule has 0 fully saturated rings. The van der Waals surface area contributed by atoms with E-state index in [1.54, 1.807) is 7.11 Å². The van der Waals surface area contributed by atoms with Gasteiger partial charge in [-0.25, -0.2) is 4.98 Å². The van der Waals surface area contributed by atoms with Crippen LogP contribution in [0.4, 0.5) is 0 Å². The highest BCUT2D eigenvalue weighted by molar-refractivity contribution is 5.74. The fourth-order valence-electron chi connectivity index (χ4n) is 2.51. The molecule has 0 saturated carbocycles. The van der Waals surface area contributed by atoms with Gasteiger partial charge >= 0.3 is 0 Å². The smallest absolute Gasteiger partial charge is 0.162 e. The molecule has 3 aromatic rings. The number of methoxy groups -OCH3 is 1. The Balaban J connectivity index is 1.84. The van der Waals surface area contributed by atoms with Crippen molar-refractivity contribution in [2.45, 2.75) is 19.4 Å². The first-order chi connectivity index (χ1) is 11.2. The van der Waals surface area contributed by atoms with Crippen LogP contribution in [0.15, 0.2) is 55.1 Å². The normalized spacial score (nSPS) is 12.1. The Labute approximate surface area is 135 Å². The zero-order chi connectivity index (χ0) is 16.2. The van der Waals surface area contributed by atoms with E-state index in [1.807, 2.05) is 55.5 Å². The van der Waals surface area contributed by atoms with Gasteiger partial charge in [-0.15, -0.1) is 6.58 Å². The van der Waals surface area contributed by atoms with Crippen LogP contribution < -0.4 is 9.47 Å². The average molecular weight is 308 g/mol. The van der Waals surface area contributed by atoms with Crippen LogP contribution in [-0.4, -0.2) is 17.1 Å². The van der Waals surface area contributed by atoms with Gasteiger partial charge in [-0.1, -0.05) is 24.3 Å². The maximum atomic E-state index is 6.04. The summed E-state index contributed by atoms with van der Waals surface area (Å²) in [5.41, 5.74) is 3.08. The molecule has 1 atom stereocenters. The number of rotatable bonds is 6. The largest absolute Gasteiger partial charge is 0.493 e. The second kappa shape index (κ2) is 6.57. The number of nitrogens with zero attached hydrogens (tertiary/aromatic N) is 1. The first kappa shape index (κ1) is 15.2. The Hall–Kier alpha value is -2.75. The molecule has 1 unspecified atom stereocenters. The molecule has 1 N–H and O–H groups in total. The summed E-state index contributed by atoms with van der Waals surface area (Å²) in [6, 6.07) is 13.9. The fourth-order valence-corrected chi connectivity index (χ4v) is 2.51. The summed E-state index contributed by atoms with van der Waals surface area (Å²) in [5, 5.41) is 0. The van der Waals surface area contributed by atoms with E-state index in [2.05, 4.69) is 16.5 Å². The lowest BCUT2D eigenvalue weighted by molar-refractivity contribution is 0.208. The minimum absolute atomic E-state index is 0.207. The molecular weight excluding hydrogens is 288 g/mol. The topological polar surface area (TPSA) is 47.1 Å². The number of hydrogen-bond acceptors (Lipinski definition) is 3. The summed E-state index contributed by atoms with van der Waals surface area (Å²) in [7, 11) is 1.64. The summed E-state index contributed by atoms with van der Waals surface area (Å²) in [6.45, 7) is 5.73. The zero-order valence-corrected chi connectivity index (χ0v) is 13.4. The third-order valence-electron chi connectivity index (χ3n) is 3.70. The van der Waals surface area contributed by atoms with E-state index in [0.29, 0.717) is 11.5 Å². The molecule has 1 aromatic heterocycles. The molecule has 0 saturated heterocycles. The highest BCUT2D eigenvalue weighted by Gasteiger charge is 2.15. The monoisotopic (exact) mass is 308 g/mol. The molecular formula is C19H20N2O2. The van der Waals surface area contributed by atoms with Gasteiger partial charge in [0.15, 0.2) is 17.6 Å². The molecule has 1 heterocycles. The van der Waals surface area contributed by atoms with Crippen LogP contribution in [0.3, 0.4) is 0 Å². The van der Waals surface area contributed by atoms with Gasteiger partial charge in [-0.05, 0) is 43.2 Å². The van der Waals surface area contributed by atoms with E-state index in [0.717, 1.165) is 28.8 Å². The van der Waals surface area contributed by atoms with Gasteiger partial charge in [0.05, 0.1) is 18.1 Å². The fraction of sp³-hybridized carbons (Fsp3) is 0.211. The molecule has 0 spiro atoms. The maximum absolute atomic E-state index is 6.04. The standard InChI is InChI=1S/C19H20N2O2/c1-4-7-14-10-11-17(18(12-14)22-3)23-13(2)19-20-15-8-5-6-9-16(15)21-19/h4-6,8-13H,1,7H2,2-3H3,(H,20,21). The van der Waals surface area contributed by atoms with Gasteiger partial charge in [0.2, 0.25) is 0 Å². The zero-order valence-electron chi connectivity index (χ0n) is 13.4. The number of aromatic amines is 1. The third-order valence-corrected chi connectivity index (χ3v) is 3.70. The van der Waals surface area contributed by atoms with Crippen molar-refractivity contribution < 1.29 is 9.47 Å². The summed E-state index contributed by atoms with van der Waals surface area (Å²) in [6.07, 6.45) is 2.46.